The molecule has 1 atom stereocenters. The maximum atomic E-state index is 12.8. The van der Waals surface area contributed by atoms with Gasteiger partial charge in [-0.05, 0) is 42.0 Å². The number of nitrogens with one attached hydrogen (secondary N) is 1. The lowest BCUT2D eigenvalue weighted by Gasteiger charge is -2.24. The molecule has 0 unspecified atom stereocenters. The highest BCUT2D eigenvalue weighted by Crippen LogP contribution is 2.33. The van der Waals surface area contributed by atoms with Crippen molar-refractivity contribution in [2.45, 2.75) is 25.4 Å². The van der Waals surface area contributed by atoms with E-state index in [1.54, 1.807) is 10.9 Å². The van der Waals surface area contributed by atoms with E-state index in [0.29, 0.717) is 25.4 Å². The molecule has 2 aromatic carbocycles. The second-order valence-corrected chi connectivity index (χ2v) is 7.14. The first-order valence-electron chi connectivity index (χ1n) is 9.43. The standard InChI is InChI=1S/C21H18F3N3O3/c22-21(23,24)14-2-4-15(5-3-14)27-18-11-28-10-17(16(18)9-26-27)25-8-13-1-6-19-20(7-13)30-12-29-19/h1-7,9,17,25H,8,10-12H2/t17-/m1/s1. The second-order valence-electron chi connectivity index (χ2n) is 7.14. The molecule has 0 spiro atoms. The predicted molar refractivity (Wildman–Crippen MR) is 100 cm³/mol. The summed E-state index contributed by atoms with van der Waals surface area (Å²) in [6.45, 7) is 1.65. The van der Waals surface area contributed by atoms with E-state index >= 15 is 0 Å². The lowest BCUT2D eigenvalue weighted by Crippen LogP contribution is -2.29. The summed E-state index contributed by atoms with van der Waals surface area (Å²) in [5.74, 6) is 1.46. The van der Waals surface area contributed by atoms with Crippen molar-refractivity contribution < 1.29 is 27.4 Å². The highest BCUT2D eigenvalue weighted by atomic mass is 19.4. The monoisotopic (exact) mass is 417 g/mol. The van der Waals surface area contributed by atoms with Crippen LogP contribution in [0.1, 0.15) is 28.4 Å². The van der Waals surface area contributed by atoms with Gasteiger partial charge in [0.25, 0.3) is 0 Å². The van der Waals surface area contributed by atoms with Crippen LogP contribution in [0.3, 0.4) is 0 Å². The fourth-order valence-electron chi connectivity index (χ4n) is 3.66. The molecule has 0 aliphatic carbocycles. The van der Waals surface area contributed by atoms with Gasteiger partial charge in [0.2, 0.25) is 6.79 Å². The fourth-order valence-corrected chi connectivity index (χ4v) is 3.66. The Morgan fingerprint density at radius 2 is 1.87 bits per heavy atom. The van der Waals surface area contributed by atoms with Gasteiger partial charge >= 0.3 is 6.18 Å². The van der Waals surface area contributed by atoms with Crippen molar-refractivity contribution in [3.8, 4) is 17.2 Å². The van der Waals surface area contributed by atoms with Gasteiger partial charge < -0.3 is 19.5 Å². The van der Waals surface area contributed by atoms with E-state index in [2.05, 4.69) is 10.4 Å². The minimum absolute atomic E-state index is 0.0811. The van der Waals surface area contributed by atoms with Gasteiger partial charge in [-0.2, -0.15) is 18.3 Å². The van der Waals surface area contributed by atoms with E-state index in [9.17, 15) is 13.2 Å². The molecular weight excluding hydrogens is 399 g/mol. The lowest BCUT2D eigenvalue weighted by atomic mass is 10.1. The van der Waals surface area contributed by atoms with Crippen molar-refractivity contribution in [1.29, 1.82) is 0 Å². The summed E-state index contributed by atoms with van der Waals surface area (Å²) >= 11 is 0. The Labute approximate surface area is 170 Å². The third-order valence-corrected chi connectivity index (χ3v) is 5.23. The first kappa shape index (κ1) is 19.0. The summed E-state index contributed by atoms with van der Waals surface area (Å²) in [6, 6.07) is 10.7. The molecule has 0 saturated heterocycles. The first-order valence-corrected chi connectivity index (χ1v) is 9.43. The van der Waals surface area contributed by atoms with E-state index in [4.69, 9.17) is 14.2 Å². The van der Waals surface area contributed by atoms with Crippen LogP contribution >= 0.6 is 0 Å². The van der Waals surface area contributed by atoms with Crippen LogP contribution in [-0.4, -0.2) is 23.2 Å². The molecule has 3 aromatic rings. The quantitative estimate of drug-likeness (QED) is 0.696. The van der Waals surface area contributed by atoms with Gasteiger partial charge in [0.1, 0.15) is 0 Å². The molecule has 1 aromatic heterocycles. The molecule has 9 heteroatoms. The molecule has 5 rings (SSSR count). The summed E-state index contributed by atoms with van der Waals surface area (Å²) in [5, 5.41) is 7.85. The molecule has 2 aliphatic heterocycles. The number of benzene rings is 2. The van der Waals surface area contributed by atoms with Crippen LogP contribution in [0.25, 0.3) is 5.69 Å². The number of ether oxygens (including phenoxy) is 3. The number of hydrogen-bond donors (Lipinski definition) is 1. The van der Waals surface area contributed by atoms with Crippen molar-refractivity contribution in [2.75, 3.05) is 13.4 Å². The topological polar surface area (TPSA) is 57.5 Å². The van der Waals surface area contributed by atoms with Gasteiger partial charge in [-0.25, -0.2) is 4.68 Å². The van der Waals surface area contributed by atoms with Crippen LogP contribution in [0.5, 0.6) is 11.5 Å². The van der Waals surface area contributed by atoms with E-state index in [1.807, 2.05) is 18.2 Å². The van der Waals surface area contributed by atoms with Crippen LogP contribution in [0, 0.1) is 0 Å². The number of alkyl halides is 3. The van der Waals surface area contributed by atoms with Gasteiger partial charge in [-0.3, -0.25) is 0 Å². The summed E-state index contributed by atoms with van der Waals surface area (Å²) in [4.78, 5) is 0. The molecule has 0 bridgehead atoms. The van der Waals surface area contributed by atoms with Crippen molar-refractivity contribution in [3.05, 3.63) is 71.0 Å². The summed E-state index contributed by atoms with van der Waals surface area (Å²) < 4.78 is 56.5. The number of fused-ring (bicyclic) bond motifs is 2. The molecule has 0 fully saturated rings. The SMILES string of the molecule is FC(F)(F)c1ccc(-n2ncc3c2COC[C@H]3NCc2ccc3c(c2)OCO3)cc1. The van der Waals surface area contributed by atoms with Crippen LogP contribution < -0.4 is 14.8 Å². The largest absolute Gasteiger partial charge is 0.454 e. The summed E-state index contributed by atoms with van der Waals surface area (Å²) in [7, 11) is 0. The zero-order chi connectivity index (χ0) is 20.7. The van der Waals surface area contributed by atoms with Crippen molar-refractivity contribution in [1.82, 2.24) is 15.1 Å². The number of rotatable bonds is 4. The average molecular weight is 417 g/mol. The molecule has 3 heterocycles. The zero-order valence-corrected chi connectivity index (χ0v) is 15.8. The highest BCUT2D eigenvalue weighted by molar-refractivity contribution is 5.44. The first-order chi connectivity index (χ1) is 14.5. The summed E-state index contributed by atoms with van der Waals surface area (Å²) in [6.07, 6.45) is -2.62. The minimum Gasteiger partial charge on any atom is -0.454 e. The van der Waals surface area contributed by atoms with E-state index in [-0.39, 0.29) is 12.8 Å². The van der Waals surface area contributed by atoms with Gasteiger partial charge in [0.05, 0.1) is 42.4 Å². The maximum absolute atomic E-state index is 12.8. The Morgan fingerprint density at radius 1 is 1.07 bits per heavy atom. The molecule has 30 heavy (non-hydrogen) atoms. The third kappa shape index (κ3) is 3.50. The number of hydrogen-bond acceptors (Lipinski definition) is 5. The third-order valence-electron chi connectivity index (χ3n) is 5.23. The second kappa shape index (κ2) is 7.33. The van der Waals surface area contributed by atoms with Gasteiger partial charge in [-0.15, -0.1) is 0 Å². The molecule has 156 valence electrons. The number of nitrogens with zero attached hydrogens (tertiary/aromatic N) is 2. The number of aromatic nitrogens is 2. The van der Waals surface area contributed by atoms with E-state index < -0.39 is 11.7 Å². The van der Waals surface area contributed by atoms with Gasteiger partial charge in [-0.1, -0.05) is 6.07 Å². The van der Waals surface area contributed by atoms with Crippen LogP contribution in [0.15, 0.2) is 48.7 Å². The molecule has 0 radical (unpaired) electrons. The van der Waals surface area contributed by atoms with Crippen molar-refractivity contribution >= 4 is 0 Å². The Bertz CT molecular complexity index is 1060. The van der Waals surface area contributed by atoms with Gasteiger partial charge in [0.15, 0.2) is 11.5 Å². The smallest absolute Gasteiger partial charge is 0.416 e. The summed E-state index contributed by atoms with van der Waals surface area (Å²) in [5.41, 5.74) is 2.71. The molecule has 0 saturated carbocycles. The number of halogens is 3. The maximum Gasteiger partial charge on any atom is 0.416 e. The van der Waals surface area contributed by atoms with Crippen molar-refractivity contribution in [3.63, 3.8) is 0 Å². The van der Waals surface area contributed by atoms with E-state index in [0.717, 1.165) is 40.5 Å². The van der Waals surface area contributed by atoms with Crippen LogP contribution in [0.2, 0.25) is 0 Å². The Hall–Kier alpha value is -3.04. The Morgan fingerprint density at radius 3 is 2.67 bits per heavy atom. The molecule has 6 nitrogen and oxygen atoms in total. The lowest BCUT2D eigenvalue weighted by molar-refractivity contribution is -0.137. The van der Waals surface area contributed by atoms with Crippen LogP contribution in [0.4, 0.5) is 13.2 Å². The van der Waals surface area contributed by atoms with E-state index in [1.165, 1.54) is 12.1 Å². The normalized spacial score (nSPS) is 17.8. The average Bonchev–Trinajstić information content (AvgIpc) is 3.38. The van der Waals surface area contributed by atoms with Crippen LogP contribution in [-0.2, 0) is 24.1 Å². The Kier molecular flexibility index (Phi) is 4.63. The molecular formula is C21H18F3N3O3. The molecule has 2 aliphatic rings. The minimum atomic E-state index is -4.37. The van der Waals surface area contributed by atoms with Crippen molar-refractivity contribution in [2.24, 2.45) is 0 Å². The Balaban J connectivity index is 1.34. The highest BCUT2D eigenvalue weighted by Gasteiger charge is 2.30. The van der Waals surface area contributed by atoms with Gasteiger partial charge in [0, 0.05) is 12.1 Å². The zero-order valence-electron chi connectivity index (χ0n) is 15.8. The fraction of sp³-hybridized carbons (Fsp3) is 0.286. The predicted octanol–water partition coefficient (Wildman–Crippen LogP) is 3.98. The molecule has 1 N–H and O–H groups in total. The molecule has 0 amide bonds.